The van der Waals surface area contributed by atoms with Gasteiger partial charge in [-0.05, 0) is 18.2 Å². The summed E-state index contributed by atoms with van der Waals surface area (Å²) < 4.78 is 19.8. The van der Waals surface area contributed by atoms with Gasteiger partial charge in [0, 0.05) is 22.9 Å². The molecule has 0 atom stereocenters. The van der Waals surface area contributed by atoms with Crippen molar-refractivity contribution >= 4 is 35.2 Å². The predicted octanol–water partition coefficient (Wildman–Crippen LogP) is 2.12. The number of anilines is 2. The second-order valence-electron chi connectivity index (χ2n) is 6.86. The number of benzene rings is 1. The molecular weight excluding hydrogens is 344 g/mol. The fourth-order valence-electron chi connectivity index (χ4n) is 2.93. The number of hydrogen-bond donors (Lipinski definition) is 1. The zero-order valence-electron chi connectivity index (χ0n) is 14.8. The Hall–Kier alpha value is -1.77. The second kappa shape index (κ2) is 6.51. The first-order valence-electron chi connectivity index (χ1n) is 7.93. The average Bonchev–Trinajstić information content (AvgIpc) is 2.80. The van der Waals surface area contributed by atoms with Crippen LogP contribution in [0.25, 0.3) is 0 Å². The van der Waals surface area contributed by atoms with Crippen molar-refractivity contribution in [3.05, 3.63) is 23.8 Å². The lowest BCUT2D eigenvalue weighted by Crippen LogP contribution is -2.52. The van der Waals surface area contributed by atoms with Crippen LogP contribution in [0.2, 0.25) is 0 Å². The van der Waals surface area contributed by atoms with Crippen LogP contribution in [0.15, 0.2) is 18.2 Å². The largest absolute Gasteiger partial charge is 0.468 e. The summed E-state index contributed by atoms with van der Waals surface area (Å²) >= 11 is 1.45. The first kappa shape index (κ1) is 18.0. The van der Waals surface area contributed by atoms with E-state index in [1.165, 1.54) is 24.0 Å². The minimum atomic E-state index is -1.50. The fourth-order valence-corrected chi connectivity index (χ4v) is 3.29. The standard InChI is InChI=1S/C17H22N2O5S/c1-16(2)9-23-17(24-10-16)12-7-11(18-25-4)5-6-13(12)19(15(17)21)8-14(20)22-3/h5-7,18H,8-10H2,1-4H3. The molecule has 0 aromatic heterocycles. The number of amides is 1. The minimum Gasteiger partial charge on any atom is -0.468 e. The summed E-state index contributed by atoms with van der Waals surface area (Å²) in [5.74, 6) is -2.40. The Morgan fingerprint density at radius 2 is 2.04 bits per heavy atom. The zero-order valence-corrected chi connectivity index (χ0v) is 15.6. The number of esters is 1. The van der Waals surface area contributed by atoms with Crippen molar-refractivity contribution < 1.29 is 23.8 Å². The molecule has 2 aliphatic heterocycles. The van der Waals surface area contributed by atoms with Gasteiger partial charge >= 0.3 is 5.97 Å². The Morgan fingerprint density at radius 3 is 2.64 bits per heavy atom. The van der Waals surface area contributed by atoms with Crippen LogP contribution in [0, 0.1) is 5.41 Å². The van der Waals surface area contributed by atoms with E-state index in [4.69, 9.17) is 14.2 Å². The van der Waals surface area contributed by atoms with Crippen molar-refractivity contribution in [2.45, 2.75) is 19.6 Å². The molecule has 1 fully saturated rings. The van der Waals surface area contributed by atoms with Gasteiger partial charge in [0.25, 0.3) is 11.7 Å². The summed E-state index contributed by atoms with van der Waals surface area (Å²) in [6.45, 7) is 4.60. The molecule has 0 aliphatic carbocycles. The molecule has 0 unspecified atom stereocenters. The van der Waals surface area contributed by atoms with Crippen LogP contribution in [0.3, 0.4) is 0 Å². The summed E-state index contributed by atoms with van der Waals surface area (Å²) in [7, 11) is 1.29. The smallest absolute Gasteiger partial charge is 0.325 e. The molecule has 1 aromatic rings. The third-order valence-electron chi connectivity index (χ3n) is 4.24. The van der Waals surface area contributed by atoms with Crippen molar-refractivity contribution in [1.82, 2.24) is 0 Å². The number of hydrogen-bond acceptors (Lipinski definition) is 7. The molecule has 1 saturated heterocycles. The van der Waals surface area contributed by atoms with Crippen LogP contribution >= 0.6 is 11.9 Å². The van der Waals surface area contributed by atoms with Gasteiger partial charge < -0.3 is 18.9 Å². The van der Waals surface area contributed by atoms with Crippen molar-refractivity contribution in [2.75, 3.05) is 42.7 Å². The van der Waals surface area contributed by atoms with Crippen LogP contribution in [0.4, 0.5) is 11.4 Å². The summed E-state index contributed by atoms with van der Waals surface area (Å²) in [6.07, 6.45) is 1.91. The third-order valence-corrected chi connectivity index (χ3v) is 4.68. The molecule has 8 heteroatoms. The van der Waals surface area contributed by atoms with E-state index in [1.807, 2.05) is 32.2 Å². The first-order chi connectivity index (χ1) is 11.8. The number of nitrogens with zero attached hydrogens (tertiary/aromatic N) is 1. The number of fused-ring (bicyclic) bond motifs is 2. The molecule has 25 heavy (non-hydrogen) atoms. The maximum atomic E-state index is 13.1. The van der Waals surface area contributed by atoms with E-state index < -0.39 is 17.7 Å². The van der Waals surface area contributed by atoms with Crippen molar-refractivity contribution in [3.8, 4) is 0 Å². The molecule has 1 aromatic carbocycles. The van der Waals surface area contributed by atoms with Crippen molar-refractivity contribution in [2.24, 2.45) is 5.41 Å². The number of ether oxygens (including phenoxy) is 3. The SMILES string of the molecule is COC(=O)CN1C(=O)C2(OCC(C)(C)CO2)c2cc(NSC)ccc21. The Morgan fingerprint density at radius 1 is 1.36 bits per heavy atom. The zero-order chi connectivity index (χ0) is 18.2. The van der Waals surface area contributed by atoms with E-state index in [-0.39, 0.29) is 12.0 Å². The maximum Gasteiger partial charge on any atom is 0.325 e. The number of carbonyl (C=O) groups excluding carboxylic acids is 2. The minimum absolute atomic E-state index is 0.184. The predicted molar refractivity (Wildman–Crippen MR) is 95.3 cm³/mol. The molecule has 0 saturated carbocycles. The Kier molecular flexibility index (Phi) is 4.70. The first-order valence-corrected chi connectivity index (χ1v) is 9.16. The molecule has 0 radical (unpaired) electrons. The second-order valence-corrected chi connectivity index (χ2v) is 7.48. The van der Waals surface area contributed by atoms with Crippen LogP contribution < -0.4 is 9.62 Å². The summed E-state index contributed by atoms with van der Waals surface area (Å²) in [6, 6.07) is 5.47. The van der Waals surface area contributed by atoms with E-state index in [2.05, 4.69) is 4.72 Å². The highest BCUT2D eigenvalue weighted by atomic mass is 32.2. The van der Waals surface area contributed by atoms with Crippen LogP contribution in [-0.2, 0) is 29.6 Å². The van der Waals surface area contributed by atoms with Gasteiger partial charge in [0.2, 0.25) is 0 Å². The van der Waals surface area contributed by atoms with Gasteiger partial charge in [0.15, 0.2) is 0 Å². The quantitative estimate of drug-likeness (QED) is 0.646. The van der Waals surface area contributed by atoms with E-state index >= 15 is 0 Å². The highest BCUT2D eigenvalue weighted by molar-refractivity contribution is 7.99. The highest BCUT2D eigenvalue weighted by Crippen LogP contribution is 2.48. The molecule has 1 spiro atoms. The van der Waals surface area contributed by atoms with Gasteiger partial charge in [-0.25, -0.2) is 0 Å². The van der Waals surface area contributed by atoms with Gasteiger partial charge in [-0.1, -0.05) is 25.8 Å². The monoisotopic (exact) mass is 366 g/mol. The molecule has 1 amide bonds. The average molecular weight is 366 g/mol. The van der Waals surface area contributed by atoms with E-state index in [0.29, 0.717) is 24.5 Å². The van der Waals surface area contributed by atoms with Crippen molar-refractivity contribution in [3.63, 3.8) is 0 Å². The normalized spacial score (nSPS) is 20.5. The molecule has 3 rings (SSSR count). The van der Waals surface area contributed by atoms with Gasteiger partial charge in [-0.3, -0.25) is 14.5 Å². The molecule has 7 nitrogen and oxygen atoms in total. The summed E-state index contributed by atoms with van der Waals surface area (Å²) in [4.78, 5) is 26.2. The number of rotatable bonds is 4. The molecule has 1 N–H and O–H groups in total. The Labute approximate surface area is 151 Å². The van der Waals surface area contributed by atoms with Crippen LogP contribution in [0.1, 0.15) is 19.4 Å². The van der Waals surface area contributed by atoms with E-state index in [0.717, 1.165) is 5.69 Å². The Balaban J connectivity index is 2.03. The Bertz CT molecular complexity index is 696. The molecule has 136 valence electrons. The lowest BCUT2D eigenvalue weighted by Gasteiger charge is -2.40. The highest BCUT2D eigenvalue weighted by Gasteiger charge is 2.57. The van der Waals surface area contributed by atoms with E-state index in [9.17, 15) is 9.59 Å². The number of methoxy groups -OCH3 is 1. The molecule has 2 heterocycles. The molecular formula is C17H22N2O5S. The van der Waals surface area contributed by atoms with Gasteiger partial charge in [0.1, 0.15) is 6.54 Å². The fraction of sp³-hybridized carbons (Fsp3) is 0.529. The van der Waals surface area contributed by atoms with Crippen molar-refractivity contribution in [1.29, 1.82) is 0 Å². The molecule has 2 aliphatic rings. The van der Waals surface area contributed by atoms with E-state index in [1.54, 1.807) is 6.07 Å². The lowest BCUT2D eigenvalue weighted by molar-refractivity contribution is -0.286. The maximum absolute atomic E-state index is 13.1. The van der Waals surface area contributed by atoms with Gasteiger partial charge in [0.05, 0.1) is 26.0 Å². The molecule has 0 bridgehead atoms. The topological polar surface area (TPSA) is 77.1 Å². The van der Waals surface area contributed by atoms with Crippen LogP contribution in [0.5, 0.6) is 0 Å². The number of carbonyl (C=O) groups is 2. The lowest BCUT2D eigenvalue weighted by atomic mass is 9.93. The van der Waals surface area contributed by atoms with Gasteiger partial charge in [-0.2, -0.15) is 0 Å². The van der Waals surface area contributed by atoms with Crippen LogP contribution in [-0.4, -0.2) is 45.0 Å². The summed E-state index contributed by atoms with van der Waals surface area (Å²) in [5.41, 5.74) is 1.85. The third kappa shape index (κ3) is 3.09. The summed E-state index contributed by atoms with van der Waals surface area (Å²) in [5, 5.41) is 0. The number of nitrogens with one attached hydrogen (secondary N) is 1. The van der Waals surface area contributed by atoms with Gasteiger partial charge in [-0.15, -0.1) is 0 Å².